The number of hydrogen-bond acceptors (Lipinski definition) is 5. The van der Waals surface area contributed by atoms with Gasteiger partial charge >= 0.3 is 12.0 Å². The number of pyridine rings is 1. The fraction of sp³-hybridized carbons (Fsp3) is 0.344. The lowest BCUT2D eigenvalue weighted by atomic mass is 9.87. The SMILES string of the molecule is CC(C)c1nc2c(c(-c3ccc(F)cc3)c1C=C[C@@H](O)C[C@@H](O)CC(=O)O)CN(C(=O)N(C)C)Cc1ccccc1-2. The fourth-order valence-electron chi connectivity index (χ4n) is 5.20. The third-order valence-electron chi connectivity index (χ3n) is 7.09. The number of carbonyl (C=O) groups excluding carboxylic acids is 1. The van der Waals surface area contributed by atoms with Crippen LogP contribution in [-0.4, -0.2) is 68.4 Å². The van der Waals surface area contributed by atoms with Crippen LogP contribution in [0.15, 0.2) is 54.6 Å². The van der Waals surface area contributed by atoms with Crippen molar-refractivity contribution in [2.75, 3.05) is 14.1 Å². The van der Waals surface area contributed by atoms with E-state index < -0.39 is 24.6 Å². The molecule has 1 aromatic heterocycles. The molecule has 0 fully saturated rings. The summed E-state index contributed by atoms with van der Waals surface area (Å²) >= 11 is 0. The highest BCUT2D eigenvalue weighted by Crippen LogP contribution is 2.42. The van der Waals surface area contributed by atoms with Crippen molar-refractivity contribution in [1.82, 2.24) is 14.8 Å². The number of nitrogens with zero attached hydrogens (tertiary/aromatic N) is 3. The summed E-state index contributed by atoms with van der Waals surface area (Å²) in [4.78, 5) is 32.7. The van der Waals surface area contributed by atoms with Gasteiger partial charge < -0.3 is 25.1 Å². The van der Waals surface area contributed by atoms with Gasteiger partial charge in [-0.2, -0.15) is 0 Å². The van der Waals surface area contributed by atoms with Gasteiger partial charge in [0.05, 0.1) is 36.6 Å². The summed E-state index contributed by atoms with van der Waals surface area (Å²) in [6.45, 7) is 4.66. The summed E-state index contributed by atoms with van der Waals surface area (Å²) in [5.41, 5.74) is 6.35. The van der Waals surface area contributed by atoms with E-state index in [1.54, 1.807) is 37.2 Å². The molecule has 0 unspecified atom stereocenters. The van der Waals surface area contributed by atoms with Gasteiger partial charge in [0, 0.05) is 43.8 Å². The topological polar surface area (TPSA) is 114 Å². The van der Waals surface area contributed by atoms with E-state index in [0.29, 0.717) is 12.1 Å². The number of aliphatic carboxylic acids is 1. The first-order valence-corrected chi connectivity index (χ1v) is 13.6. The summed E-state index contributed by atoms with van der Waals surface area (Å²) < 4.78 is 14.1. The number of aliphatic hydroxyl groups excluding tert-OH is 2. The van der Waals surface area contributed by atoms with Crippen LogP contribution in [0.5, 0.6) is 0 Å². The van der Waals surface area contributed by atoms with Crippen LogP contribution in [0.2, 0.25) is 0 Å². The number of urea groups is 1. The molecule has 3 aromatic rings. The summed E-state index contributed by atoms with van der Waals surface area (Å²) in [5.74, 6) is -1.57. The van der Waals surface area contributed by atoms with Crippen molar-refractivity contribution in [1.29, 1.82) is 0 Å². The molecule has 1 aliphatic heterocycles. The minimum atomic E-state index is -1.21. The number of hydrogen-bond donors (Lipinski definition) is 3. The largest absolute Gasteiger partial charge is 0.481 e. The third-order valence-corrected chi connectivity index (χ3v) is 7.09. The molecule has 9 heteroatoms. The maximum absolute atomic E-state index is 14.1. The highest BCUT2D eigenvalue weighted by Gasteiger charge is 2.30. The normalized spacial score (nSPS) is 14.4. The van der Waals surface area contributed by atoms with E-state index in [1.807, 2.05) is 38.1 Å². The second-order valence-electron chi connectivity index (χ2n) is 10.9. The van der Waals surface area contributed by atoms with Crippen LogP contribution in [0.25, 0.3) is 28.5 Å². The predicted octanol–water partition coefficient (Wildman–Crippen LogP) is 5.28. The predicted molar refractivity (Wildman–Crippen MR) is 155 cm³/mol. The molecule has 2 aromatic carbocycles. The lowest BCUT2D eigenvalue weighted by molar-refractivity contribution is -0.139. The van der Waals surface area contributed by atoms with Gasteiger partial charge in [-0.05, 0) is 34.7 Å². The number of halogens is 1. The summed E-state index contributed by atoms with van der Waals surface area (Å²) in [6.07, 6.45) is 0.299. The average Bonchev–Trinajstić information content (AvgIpc) is 3.07. The maximum Gasteiger partial charge on any atom is 0.320 e. The van der Waals surface area contributed by atoms with Gasteiger partial charge in [-0.25, -0.2) is 9.18 Å². The first-order valence-electron chi connectivity index (χ1n) is 13.6. The Hall–Kier alpha value is -4.08. The molecule has 8 nitrogen and oxygen atoms in total. The first kappa shape index (κ1) is 29.9. The molecule has 0 saturated heterocycles. The van der Waals surface area contributed by atoms with Crippen LogP contribution < -0.4 is 0 Å². The minimum Gasteiger partial charge on any atom is -0.481 e. The molecule has 0 radical (unpaired) electrons. The second kappa shape index (κ2) is 12.6. The Kier molecular flexibility index (Phi) is 9.20. The number of carboxylic acids is 1. The number of rotatable bonds is 8. The van der Waals surface area contributed by atoms with Crippen molar-refractivity contribution in [3.63, 3.8) is 0 Å². The van der Waals surface area contributed by atoms with Crippen molar-refractivity contribution in [2.24, 2.45) is 0 Å². The molecule has 2 amide bonds. The number of carboxylic acid groups (broad SMARTS) is 1. The van der Waals surface area contributed by atoms with E-state index in [1.165, 1.54) is 23.1 Å². The molecule has 0 aliphatic carbocycles. The Bertz CT molecular complexity index is 1450. The smallest absolute Gasteiger partial charge is 0.320 e. The Morgan fingerprint density at radius 1 is 1.07 bits per heavy atom. The van der Waals surface area contributed by atoms with Gasteiger partial charge in [0.1, 0.15) is 5.82 Å². The fourth-order valence-corrected chi connectivity index (χ4v) is 5.20. The average molecular weight is 562 g/mol. The molecule has 0 bridgehead atoms. The van der Waals surface area contributed by atoms with Gasteiger partial charge in [0.25, 0.3) is 0 Å². The van der Waals surface area contributed by atoms with Gasteiger partial charge in [-0.15, -0.1) is 0 Å². The Morgan fingerprint density at radius 3 is 2.39 bits per heavy atom. The Morgan fingerprint density at radius 2 is 1.76 bits per heavy atom. The molecule has 41 heavy (non-hydrogen) atoms. The minimum absolute atomic E-state index is 0.0381. The van der Waals surface area contributed by atoms with Crippen LogP contribution in [0.1, 0.15) is 55.0 Å². The molecule has 0 spiro atoms. The zero-order chi connectivity index (χ0) is 29.8. The summed E-state index contributed by atoms with van der Waals surface area (Å²) in [6, 6.07) is 13.8. The van der Waals surface area contributed by atoms with Crippen LogP contribution >= 0.6 is 0 Å². The van der Waals surface area contributed by atoms with Crippen molar-refractivity contribution >= 4 is 18.1 Å². The monoisotopic (exact) mass is 561 g/mol. The van der Waals surface area contributed by atoms with Crippen LogP contribution in [0.4, 0.5) is 9.18 Å². The lowest BCUT2D eigenvalue weighted by Crippen LogP contribution is -2.38. The van der Waals surface area contributed by atoms with Crippen LogP contribution in [0, 0.1) is 5.82 Å². The lowest BCUT2D eigenvalue weighted by Gasteiger charge is -2.27. The highest BCUT2D eigenvalue weighted by molar-refractivity contribution is 5.87. The van der Waals surface area contributed by atoms with Gasteiger partial charge in [-0.3, -0.25) is 9.78 Å². The van der Waals surface area contributed by atoms with E-state index in [4.69, 9.17) is 10.1 Å². The van der Waals surface area contributed by atoms with E-state index in [9.17, 15) is 24.2 Å². The van der Waals surface area contributed by atoms with Gasteiger partial charge in [0.15, 0.2) is 0 Å². The molecule has 3 N–H and O–H groups in total. The van der Waals surface area contributed by atoms with Crippen LogP contribution in [0.3, 0.4) is 0 Å². The van der Waals surface area contributed by atoms with E-state index in [-0.39, 0.29) is 30.7 Å². The number of aromatic nitrogens is 1. The summed E-state index contributed by atoms with van der Waals surface area (Å²) in [7, 11) is 3.41. The number of benzene rings is 2. The number of amides is 2. The molecular weight excluding hydrogens is 525 g/mol. The van der Waals surface area contributed by atoms with Crippen molar-refractivity contribution in [2.45, 2.75) is 57.9 Å². The molecule has 2 heterocycles. The van der Waals surface area contributed by atoms with Crippen molar-refractivity contribution < 1.29 is 29.3 Å². The van der Waals surface area contributed by atoms with Crippen molar-refractivity contribution in [3.05, 3.63) is 82.8 Å². The van der Waals surface area contributed by atoms with E-state index in [2.05, 4.69) is 0 Å². The number of fused-ring (bicyclic) bond motifs is 3. The molecule has 1 aliphatic rings. The summed E-state index contributed by atoms with van der Waals surface area (Å²) in [5, 5.41) is 29.6. The Labute approximate surface area is 239 Å². The van der Waals surface area contributed by atoms with E-state index in [0.717, 1.165) is 39.2 Å². The van der Waals surface area contributed by atoms with Gasteiger partial charge in [-0.1, -0.05) is 62.4 Å². The van der Waals surface area contributed by atoms with Crippen molar-refractivity contribution in [3.8, 4) is 22.4 Å². The first-order chi connectivity index (χ1) is 19.5. The molecule has 216 valence electrons. The van der Waals surface area contributed by atoms with E-state index >= 15 is 0 Å². The molecule has 4 rings (SSSR count). The second-order valence-corrected chi connectivity index (χ2v) is 10.9. The molecule has 0 saturated carbocycles. The zero-order valence-electron chi connectivity index (χ0n) is 23.7. The van der Waals surface area contributed by atoms with Gasteiger partial charge in [0.2, 0.25) is 0 Å². The number of carbonyl (C=O) groups is 2. The quantitative estimate of drug-likeness (QED) is 0.345. The standard InChI is InChI=1S/C32H36FN3O5/c1-19(2)30-26(14-13-23(37)15-24(38)16-28(39)40)29(20-9-11-22(33)12-10-20)27-18-36(32(41)35(3)4)17-21-7-5-6-8-25(21)31(27)34-30/h5-14,19,23-24,37-38H,15-18H2,1-4H3,(H,39,40)/t23-,24-/m1/s1. The number of aliphatic hydroxyl groups is 2. The third kappa shape index (κ3) is 6.81. The molecular formula is C32H36FN3O5. The molecule has 2 atom stereocenters. The zero-order valence-corrected chi connectivity index (χ0v) is 23.7. The maximum atomic E-state index is 14.1. The Balaban J connectivity index is 1.98. The van der Waals surface area contributed by atoms with Crippen LogP contribution in [-0.2, 0) is 17.9 Å². The highest BCUT2D eigenvalue weighted by atomic mass is 19.1.